The van der Waals surface area contributed by atoms with Crippen LogP contribution in [0, 0.1) is 34.0 Å². The lowest BCUT2D eigenvalue weighted by atomic mass is 9.36. The van der Waals surface area contributed by atoms with E-state index in [0.29, 0.717) is 18.4 Å². The lowest BCUT2D eigenvalue weighted by Crippen LogP contribution is -2.69. The number of halogens is 2. The zero-order valence-corrected chi connectivity index (χ0v) is 19.9. The van der Waals surface area contributed by atoms with Crippen molar-refractivity contribution in [3.63, 3.8) is 0 Å². The number of hydrogen-bond donors (Lipinski definition) is 0. The second kappa shape index (κ2) is 8.43. The third-order valence-electron chi connectivity index (χ3n) is 8.98. The number of Topliss-reactive ketones (excluding diaryl/α,β-unsaturated/α-hetero) is 2. The minimum atomic E-state index is -1.07. The van der Waals surface area contributed by atoms with E-state index in [-0.39, 0.29) is 60.7 Å². The second-order valence-corrected chi connectivity index (χ2v) is 10.9. The second-order valence-electron chi connectivity index (χ2n) is 10.4. The minimum absolute atomic E-state index is 0.0344. The summed E-state index contributed by atoms with van der Waals surface area (Å²) in [5, 5.41) is 0. The number of carbonyl (C=O) groups is 4. The van der Waals surface area contributed by atoms with Crippen molar-refractivity contribution in [2.24, 2.45) is 34.0 Å². The summed E-state index contributed by atoms with van der Waals surface area (Å²) in [6, 6.07) is 0. The Kier molecular flexibility index (Phi) is 6.25. The number of esters is 2. The van der Waals surface area contributed by atoms with Crippen LogP contribution in [0.4, 0.5) is 0 Å². The van der Waals surface area contributed by atoms with Crippen molar-refractivity contribution in [1.82, 2.24) is 0 Å². The number of hydrogen-bond acceptors (Lipinski definition) is 6. The van der Waals surface area contributed by atoms with Crippen LogP contribution in [-0.2, 0) is 28.7 Å². The van der Waals surface area contributed by atoms with E-state index in [2.05, 4.69) is 6.58 Å². The molecule has 0 aromatic heterocycles. The average Bonchev–Trinajstić information content (AvgIpc) is 2.80. The first-order valence-electron chi connectivity index (χ1n) is 11.3. The summed E-state index contributed by atoms with van der Waals surface area (Å²) in [6.07, 6.45) is 4.57. The van der Waals surface area contributed by atoms with Gasteiger partial charge in [0.1, 0.15) is 17.5 Å². The Balaban J connectivity index is 1.77. The molecule has 5 fully saturated rings. The molecule has 8 heteroatoms. The number of alkyl halides is 2. The fourth-order valence-corrected chi connectivity index (χ4v) is 7.66. The molecule has 0 radical (unpaired) electrons. The molecular weight excluding hydrogens is 455 g/mol. The van der Waals surface area contributed by atoms with Crippen LogP contribution in [0.3, 0.4) is 0 Å². The Hall–Kier alpha value is -1.40. The maximum atomic E-state index is 13.7. The Labute approximate surface area is 198 Å². The highest BCUT2D eigenvalue weighted by atomic mass is 35.5. The zero-order valence-electron chi connectivity index (χ0n) is 18.4. The molecule has 3 unspecified atom stereocenters. The van der Waals surface area contributed by atoms with Gasteiger partial charge in [-0.1, -0.05) is 19.9 Å². The molecule has 0 heterocycles. The molecule has 2 bridgehead atoms. The van der Waals surface area contributed by atoms with Gasteiger partial charge in [0.2, 0.25) is 0 Å². The molecule has 5 saturated carbocycles. The van der Waals surface area contributed by atoms with Gasteiger partial charge in [-0.3, -0.25) is 19.2 Å². The van der Waals surface area contributed by atoms with Crippen molar-refractivity contribution in [3.8, 4) is 0 Å². The smallest absolute Gasteiger partial charge is 0.320 e. The van der Waals surface area contributed by atoms with E-state index >= 15 is 0 Å². The van der Waals surface area contributed by atoms with Gasteiger partial charge in [0, 0.05) is 17.3 Å². The third kappa shape index (κ3) is 3.35. The van der Waals surface area contributed by atoms with Gasteiger partial charge in [-0.15, -0.1) is 23.2 Å². The fraction of sp³-hybridized carbons (Fsp3) is 0.750. The number of carbonyl (C=O) groups excluding carboxylic acids is 4. The summed E-state index contributed by atoms with van der Waals surface area (Å²) < 4.78 is 11.1. The largest absolute Gasteiger partial charge is 0.464 e. The lowest BCUT2D eigenvalue weighted by molar-refractivity contribution is -0.207. The highest BCUT2D eigenvalue weighted by Gasteiger charge is 2.72. The number of allylic oxidation sites excluding steroid dienone is 1. The van der Waals surface area contributed by atoms with Gasteiger partial charge in [0.15, 0.2) is 5.78 Å². The quantitative estimate of drug-likeness (QED) is 0.246. The van der Waals surface area contributed by atoms with Gasteiger partial charge in [-0.05, 0) is 55.4 Å². The zero-order chi connectivity index (χ0) is 23.3. The summed E-state index contributed by atoms with van der Waals surface area (Å²) in [6.45, 7) is 6.32. The molecule has 0 saturated heterocycles. The summed E-state index contributed by atoms with van der Waals surface area (Å²) in [7, 11) is 0. The molecule has 32 heavy (non-hydrogen) atoms. The highest BCUT2D eigenvalue weighted by molar-refractivity contribution is 6.26. The predicted octanol–water partition coefficient (Wildman–Crippen LogP) is 3.86. The van der Waals surface area contributed by atoms with Crippen LogP contribution in [0.25, 0.3) is 0 Å². The van der Waals surface area contributed by atoms with Crippen LogP contribution in [0.1, 0.15) is 51.9 Å². The Bertz CT molecular complexity index is 871. The van der Waals surface area contributed by atoms with Crippen molar-refractivity contribution < 1.29 is 28.7 Å². The van der Waals surface area contributed by atoms with Crippen molar-refractivity contribution in [1.29, 1.82) is 0 Å². The summed E-state index contributed by atoms with van der Waals surface area (Å²) in [5.41, 5.74) is -1.53. The van der Waals surface area contributed by atoms with Gasteiger partial charge < -0.3 is 9.47 Å². The van der Waals surface area contributed by atoms with Gasteiger partial charge in [-0.25, -0.2) is 0 Å². The van der Waals surface area contributed by atoms with E-state index in [9.17, 15) is 19.2 Å². The SMILES string of the molecule is C=C1C(=O)C23CC[C@H]1CC2[C@]1(COC(=O)CCl)CCC[C@@](C)(COC(=O)CCl)C1CC3=O. The lowest BCUT2D eigenvalue weighted by Gasteiger charge is -2.66. The third-order valence-corrected chi connectivity index (χ3v) is 9.42. The van der Waals surface area contributed by atoms with Crippen molar-refractivity contribution in [3.05, 3.63) is 12.2 Å². The number of ether oxygens (including phenoxy) is 2. The van der Waals surface area contributed by atoms with Crippen LogP contribution in [-0.4, -0.2) is 48.5 Å². The van der Waals surface area contributed by atoms with E-state index in [1.807, 2.05) is 6.92 Å². The number of rotatable bonds is 6. The van der Waals surface area contributed by atoms with Crippen molar-refractivity contribution >= 4 is 46.7 Å². The van der Waals surface area contributed by atoms with Gasteiger partial charge >= 0.3 is 11.9 Å². The minimum Gasteiger partial charge on any atom is -0.464 e. The molecule has 6 nitrogen and oxygen atoms in total. The molecule has 0 N–H and O–H groups in total. The molecular formula is C24H30Cl2O6. The molecule has 5 aliphatic carbocycles. The predicted molar refractivity (Wildman–Crippen MR) is 118 cm³/mol. The normalized spacial score (nSPS) is 40.5. The van der Waals surface area contributed by atoms with E-state index in [1.165, 1.54) is 0 Å². The first-order valence-corrected chi connectivity index (χ1v) is 12.4. The molecule has 6 atom stereocenters. The Morgan fingerprint density at radius 1 is 1.03 bits per heavy atom. The average molecular weight is 485 g/mol. The molecule has 5 aliphatic rings. The van der Waals surface area contributed by atoms with Crippen molar-refractivity contribution in [2.45, 2.75) is 51.9 Å². The van der Waals surface area contributed by atoms with E-state index in [0.717, 1.165) is 25.7 Å². The molecule has 1 spiro atoms. The molecule has 0 amide bonds. The molecule has 0 aromatic rings. The first kappa shape index (κ1) is 23.7. The summed E-state index contributed by atoms with van der Waals surface area (Å²) in [4.78, 5) is 51.0. The monoisotopic (exact) mass is 484 g/mol. The maximum Gasteiger partial charge on any atom is 0.320 e. The molecule has 5 rings (SSSR count). The molecule has 0 aliphatic heterocycles. The van der Waals surface area contributed by atoms with Crippen LogP contribution in [0.2, 0.25) is 0 Å². The Morgan fingerprint density at radius 3 is 2.34 bits per heavy atom. The van der Waals surface area contributed by atoms with Crippen LogP contribution < -0.4 is 0 Å². The molecule has 0 aromatic carbocycles. The van der Waals surface area contributed by atoms with E-state index < -0.39 is 28.2 Å². The molecule has 176 valence electrons. The van der Waals surface area contributed by atoms with Gasteiger partial charge in [0.25, 0.3) is 0 Å². The van der Waals surface area contributed by atoms with Gasteiger partial charge in [-0.2, -0.15) is 0 Å². The summed E-state index contributed by atoms with van der Waals surface area (Å²) >= 11 is 11.3. The van der Waals surface area contributed by atoms with Crippen LogP contribution in [0.5, 0.6) is 0 Å². The topological polar surface area (TPSA) is 86.7 Å². The summed E-state index contributed by atoms with van der Waals surface area (Å²) in [5.74, 6) is -1.99. The van der Waals surface area contributed by atoms with E-state index in [4.69, 9.17) is 32.7 Å². The first-order chi connectivity index (χ1) is 15.1. The van der Waals surface area contributed by atoms with Gasteiger partial charge in [0.05, 0.1) is 18.6 Å². The van der Waals surface area contributed by atoms with E-state index in [1.54, 1.807) is 0 Å². The fourth-order valence-electron chi connectivity index (χ4n) is 7.51. The van der Waals surface area contributed by atoms with Crippen LogP contribution in [0.15, 0.2) is 12.2 Å². The highest BCUT2D eigenvalue weighted by Crippen LogP contribution is 2.70. The van der Waals surface area contributed by atoms with Crippen LogP contribution >= 0.6 is 23.2 Å². The van der Waals surface area contributed by atoms with Crippen molar-refractivity contribution in [2.75, 3.05) is 25.0 Å². The maximum absolute atomic E-state index is 13.7. The number of fused-ring (bicyclic) bond motifs is 3. The Morgan fingerprint density at radius 2 is 1.69 bits per heavy atom. The number of ketones is 2. The standard InChI is InChI=1S/C24H30Cl2O6/c1-14-15-4-7-24(21(14)30)17(8-15)23(13-32-20(29)11-26)6-3-5-22(2,12-31-19(28)10-25)16(23)9-18(24)27/h15-17H,1,3-13H2,2H3/t15-,16?,17?,22-,23-,24?/m0/s1.